The van der Waals surface area contributed by atoms with Gasteiger partial charge in [-0.25, -0.2) is 4.99 Å². The molecule has 256 valence electrons. The number of nitrogens with zero attached hydrogens (tertiary/aromatic N) is 8. The van der Waals surface area contributed by atoms with Gasteiger partial charge in [-0.1, -0.05) is 21.1 Å². The maximum Gasteiger partial charge on any atom is 0.160 e. The number of amidine groups is 2. The molecule has 3 N–H and O–H groups in total. The van der Waals surface area contributed by atoms with E-state index in [1.54, 1.807) is 0 Å². The second kappa shape index (κ2) is 13.2. The average molecular weight is 740 g/mol. The molecule has 7 saturated heterocycles. The van der Waals surface area contributed by atoms with E-state index >= 15 is 0 Å². The lowest BCUT2D eigenvalue weighted by molar-refractivity contribution is -0.150. The molecule has 4 aromatic rings. The van der Waals surface area contributed by atoms with Gasteiger partial charge in [0.15, 0.2) is 5.60 Å². The summed E-state index contributed by atoms with van der Waals surface area (Å²) in [6, 6.07) is 12.3. The maximum atomic E-state index is 6.05. The van der Waals surface area contributed by atoms with Crippen molar-refractivity contribution < 1.29 is 9.68 Å². The Morgan fingerprint density at radius 1 is 0.833 bits per heavy atom. The average Bonchev–Trinajstić information content (AvgIpc) is 3.85. The van der Waals surface area contributed by atoms with Gasteiger partial charge in [-0.3, -0.25) is 24.6 Å². The Morgan fingerprint density at radius 3 is 1.98 bits per heavy atom. The van der Waals surface area contributed by atoms with Crippen molar-refractivity contribution in [1.29, 1.82) is 0 Å². The Morgan fingerprint density at radius 2 is 1.42 bits per heavy atom. The summed E-state index contributed by atoms with van der Waals surface area (Å²) >= 11 is 3.40. The van der Waals surface area contributed by atoms with Crippen LogP contribution < -0.4 is 11.2 Å². The second-order valence-corrected chi connectivity index (χ2v) is 14.9. The normalized spacial score (nSPS) is 32.0. The number of nitrogens with one attached hydrogen (secondary N) is 1. The Hall–Kier alpha value is -3.23. The molecule has 0 unspecified atom stereocenters. The zero-order chi connectivity index (χ0) is 32.2. The van der Waals surface area contributed by atoms with Gasteiger partial charge in [0.25, 0.3) is 0 Å². The van der Waals surface area contributed by atoms with Gasteiger partial charge in [0, 0.05) is 54.8 Å². The van der Waals surface area contributed by atoms with Crippen LogP contribution in [-0.2, 0) is 23.8 Å². The van der Waals surface area contributed by atoms with E-state index in [0.717, 1.165) is 58.3 Å². The van der Waals surface area contributed by atoms with Crippen LogP contribution in [0.1, 0.15) is 38.5 Å². The number of oxime groups is 1. The van der Waals surface area contributed by atoms with E-state index in [0.29, 0.717) is 17.7 Å². The van der Waals surface area contributed by atoms with Crippen molar-refractivity contribution in [2.75, 3.05) is 39.3 Å². The van der Waals surface area contributed by atoms with Gasteiger partial charge in [-0.2, -0.15) is 10.2 Å². The molecule has 2 atom stereocenters. The molecule has 8 aliphatic rings. The summed E-state index contributed by atoms with van der Waals surface area (Å²) in [6.07, 6.45) is 10.5. The van der Waals surface area contributed by atoms with Gasteiger partial charge in [0.1, 0.15) is 17.3 Å². The van der Waals surface area contributed by atoms with Crippen molar-refractivity contribution in [2.45, 2.75) is 49.7 Å². The number of benzene rings is 2. The number of aryl methyl sites for hydroxylation is 2. The van der Waals surface area contributed by atoms with Gasteiger partial charge in [0.2, 0.25) is 0 Å². The highest BCUT2D eigenvalue weighted by molar-refractivity contribution is 9.10. The SMILES string of the molecule is Cl.Cn1ncc2cc(Br)ccc21.Cn1ncc2cc(N=C3C[C@@]4(CN5CCC4CC5)ON3)ccc21.NC1=NO[C@@]2(C1)CN1CCC2CC1. The minimum absolute atomic E-state index is 0. The molecule has 0 radical (unpaired) electrons. The largest absolute Gasteiger partial charge is 0.386 e. The van der Waals surface area contributed by atoms with Crippen molar-refractivity contribution in [3.05, 3.63) is 53.3 Å². The van der Waals surface area contributed by atoms with Crippen LogP contribution >= 0.6 is 28.3 Å². The van der Waals surface area contributed by atoms with Gasteiger partial charge in [-0.05, 0) is 94.2 Å². The van der Waals surface area contributed by atoms with E-state index in [1.165, 1.54) is 57.2 Å². The molecule has 4 bridgehead atoms. The molecule has 0 aliphatic carbocycles. The first-order valence-electron chi connectivity index (χ1n) is 16.7. The summed E-state index contributed by atoms with van der Waals surface area (Å²) < 4.78 is 4.84. The molecule has 7 fully saturated rings. The Labute approximate surface area is 295 Å². The van der Waals surface area contributed by atoms with Gasteiger partial charge >= 0.3 is 0 Å². The fourth-order valence-corrected chi connectivity index (χ4v) is 8.86. The molecule has 10 heterocycles. The molecule has 8 aliphatic heterocycles. The molecule has 2 aromatic heterocycles. The van der Waals surface area contributed by atoms with E-state index in [-0.39, 0.29) is 23.6 Å². The van der Waals surface area contributed by atoms with Crippen molar-refractivity contribution in [3.8, 4) is 0 Å². The second-order valence-electron chi connectivity index (χ2n) is 14.0. The standard InChI is InChI=1S/C17H21N5O.C9H15N3O.C8H7BrN2.ClH/c1-21-15-3-2-14(8-12(15)10-18-21)19-16-9-17(23-20-16)11-22-6-4-13(17)5-7-22;10-8-5-9(13-11-8)6-12-3-1-7(9)2-4-12;1-11-8-3-2-7(9)4-6(8)5-10-11;/h2-3,8,10,13H,4-7,9,11H2,1H3,(H,19,20);7H,1-6H2,(H2,10,11);2-5H,1H3;1H/t17-;9-;;/m00../s1. The number of fused-ring (bicyclic) bond motifs is 6. The van der Waals surface area contributed by atoms with Crippen LogP contribution in [0.15, 0.2) is 63.4 Å². The molecule has 2 aromatic carbocycles. The Bertz CT molecular complexity index is 1840. The number of nitrogens with two attached hydrogens (primary N) is 1. The summed E-state index contributed by atoms with van der Waals surface area (Å²) in [5.74, 6) is 2.96. The van der Waals surface area contributed by atoms with E-state index in [1.807, 2.05) is 54.1 Å². The number of hydrogen-bond acceptors (Lipinski definition) is 9. The van der Waals surface area contributed by atoms with Crippen LogP contribution in [0.25, 0.3) is 21.8 Å². The van der Waals surface area contributed by atoms with Gasteiger partial charge in [-0.15, -0.1) is 12.4 Å². The minimum Gasteiger partial charge on any atom is -0.386 e. The lowest BCUT2D eigenvalue weighted by Crippen LogP contribution is -2.59. The summed E-state index contributed by atoms with van der Waals surface area (Å²) in [4.78, 5) is 21.4. The third-order valence-corrected chi connectivity index (χ3v) is 11.5. The minimum atomic E-state index is -0.0618. The van der Waals surface area contributed by atoms with E-state index < -0.39 is 0 Å². The molecule has 14 heteroatoms. The first-order chi connectivity index (χ1) is 22.8. The fraction of sp³-hybridized carbons (Fsp3) is 0.529. The monoisotopic (exact) mass is 738 g/mol. The predicted octanol–water partition coefficient (Wildman–Crippen LogP) is 4.89. The van der Waals surface area contributed by atoms with Crippen LogP contribution in [0, 0.1) is 11.8 Å². The number of hydroxylamine groups is 1. The van der Waals surface area contributed by atoms with Gasteiger partial charge < -0.3 is 15.5 Å². The number of hydrogen-bond donors (Lipinski definition) is 2. The summed E-state index contributed by atoms with van der Waals surface area (Å²) in [7, 11) is 3.90. The van der Waals surface area contributed by atoms with Crippen molar-refractivity contribution in [1.82, 2.24) is 34.8 Å². The number of halogens is 2. The van der Waals surface area contributed by atoms with Crippen LogP contribution in [0.5, 0.6) is 0 Å². The third-order valence-electron chi connectivity index (χ3n) is 11.0. The number of piperidine rings is 6. The quantitative estimate of drug-likeness (QED) is 0.283. The van der Waals surface area contributed by atoms with E-state index in [2.05, 4.69) is 64.8 Å². The molecule has 0 saturated carbocycles. The first-order valence-corrected chi connectivity index (χ1v) is 17.5. The number of rotatable bonds is 1. The summed E-state index contributed by atoms with van der Waals surface area (Å²) in [5.41, 5.74) is 11.9. The lowest BCUT2D eigenvalue weighted by atomic mass is 9.74. The topological polar surface area (TPSA) is 123 Å². The fourth-order valence-electron chi connectivity index (χ4n) is 8.48. The van der Waals surface area contributed by atoms with Crippen LogP contribution in [-0.4, -0.2) is 91.5 Å². The smallest absolute Gasteiger partial charge is 0.160 e. The molecule has 12 nitrogen and oxygen atoms in total. The maximum absolute atomic E-state index is 6.05. The molecule has 12 rings (SSSR count). The molecule has 0 amide bonds. The van der Waals surface area contributed by atoms with Crippen LogP contribution in [0.2, 0.25) is 0 Å². The number of aromatic nitrogens is 4. The molecular weight excluding hydrogens is 696 g/mol. The Balaban J connectivity index is 0.000000124. The van der Waals surface area contributed by atoms with E-state index in [9.17, 15) is 0 Å². The zero-order valence-corrected chi connectivity index (χ0v) is 29.9. The van der Waals surface area contributed by atoms with Crippen molar-refractivity contribution >= 4 is 67.5 Å². The third kappa shape index (κ3) is 6.31. The highest BCUT2D eigenvalue weighted by Crippen LogP contribution is 2.43. The Kier molecular flexibility index (Phi) is 9.18. The van der Waals surface area contributed by atoms with Crippen LogP contribution in [0.4, 0.5) is 5.69 Å². The van der Waals surface area contributed by atoms with Crippen molar-refractivity contribution in [2.24, 2.45) is 41.8 Å². The van der Waals surface area contributed by atoms with Gasteiger partial charge in [0.05, 0.1) is 35.5 Å². The first kappa shape index (κ1) is 33.3. The van der Waals surface area contributed by atoms with E-state index in [4.69, 9.17) is 20.4 Å². The highest BCUT2D eigenvalue weighted by Gasteiger charge is 2.53. The van der Waals surface area contributed by atoms with Crippen LogP contribution in [0.3, 0.4) is 0 Å². The number of aliphatic imine (C=N–C) groups is 1. The molecule has 2 spiro atoms. The molecular formula is C34H44BrClN10O2. The zero-order valence-electron chi connectivity index (χ0n) is 27.5. The van der Waals surface area contributed by atoms with Crippen molar-refractivity contribution in [3.63, 3.8) is 0 Å². The highest BCUT2D eigenvalue weighted by atomic mass is 79.9. The summed E-state index contributed by atoms with van der Waals surface area (Å²) in [5, 5.41) is 14.6. The summed E-state index contributed by atoms with van der Waals surface area (Å²) in [6.45, 7) is 6.97. The molecule has 48 heavy (non-hydrogen) atoms. The lowest BCUT2D eigenvalue weighted by Gasteiger charge is -2.49. The predicted molar refractivity (Wildman–Crippen MR) is 193 cm³/mol.